The van der Waals surface area contributed by atoms with Crippen molar-refractivity contribution in [2.24, 2.45) is 0 Å². The Hall–Kier alpha value is -1.45. The van der Waals surface area contributed by atoms with E-state index in [0.29, 0.717) is 28.3 Å². The van der Waals surface area contributed by atoms with Crippen LogP contribution in [0.15, 0.2) is 30.3 Å². The summed E-state index contributed by atoms with van der Waals surface area (Å²) in [6.45, 7) is 5.04. The van der Waals surface area contributed by atoms with Crippen molar-refractivity contribution in [3.8, 4) is 11.1 Å². The number of benzene rings is 2. The van der Waals surface area contributed by atoms with Gasteiger partial charge in [-0.25, -0.2) is 8.78 Å². The third-order valence-corrected chi connectivity index (χ3v) is 3.41. The summed E-state index contributed by atoms with van der Waals surface area (Å²) in [7, 11) is 0. The standard InChI is InChI=1S/C16H16ClF2N/c1-3-20-9-11-4-5-12(17)7-13(11)14-6-10(2)15(18)8-16(14)19/h4-8,20H,3,9H2,1-2H3. The Labute approximate surface area is 122 Å². The molecule has 0 amide bonds. The van der Waals surface area contributed by atoms with Gasteiger partial charge in [-0.2, -0.15) is 0 Å². The van der Waals surface area contributed by atoms with Crippen LogP contribution in [-0.2, 0) is 6.54 Å². The Balaban J connectivity index is 2.55. The van der Waals surface area contributed by atoms with Gasteiger partial charge < -0.3 is 5.32 Å². The van der Waals surface area contributed by atoms with E-state index >= 15 is 0 Å². The second-order valence-corrected chi connectivity index (χ2v) is 5.10. The first-order valence-electron chi connectivity index (χ1n) is 6.48. The first-order chi connectivity index (χ1) is 9.52. The van der Waals surface area contributed by atoms with E-state index in [1.807, 2.05) is 13.0 Å². The molecule has 0 saturated carbocycles. The Morgan fingerprint density at radius 2 is 1.80 bits per heavy atom. The number of hydrogen-bond acceptors (Lipinski definition) is 1. The highest BCUT2D eigenvalue weighted by atomic mass is 35.5. The van der Waals surface area contributed by atoms with Gasteiger partial charge in [0.25, 0.3) is 0 Å². The zero-order valence-corrected chi connectivity index (χ0v) is 12.2. The van der Waals surface area contributed by atoms with Crippen LogP contribution in [0, 0.1) is 18.6 Å². The molecule has 4 heteroatoms. The molecule has 1 N–H and O–H groups in total. The first-order valence-corrected chi connectivity index (χ1v) is 6.86. The Morgan fingerprint density at radius 3 is 2.50 bits per heavy atom. The van der Waals surface area contributed by atoms with Gasteiger partial charge in [-0.1, -0.05) is 24.6 Å². The molecule has 1 nitrogen and oxygen atoms in total. The Bertz CT molecular complexity index is 626. The lowest BCUT2D eigenvalue weighted by Gasteiger charge is -2.13. The van der Waals surface area contributed by atoms with Crippen LogP contribution in [0.1, 0.15) is 18.1 Å². The fourth-order valence-corrected chi connectivity index (χ4v) is 2.25. The average molecular weight is 296 g/mol. The molecule has 2 aromatic rings. The summed E-state index contributed by atoms with van der Waals surface area (Å²) < 4.78 is 27.4. The lowest BCUT2D eigenvalue weighted by atomic mass is 9.97. The Morgan fingerprint density at radius 1 is 1.05 bits per heavy atom. The van der Waals surface area contributed by atoms with E-state index in [1.54, 1.807) is 19.1 Å². The number of rotatable bonds is 4. The summed E-state index contributed by atoms with van der Waals surface area (Å²) >= 11 is 6.01. The van der Waals surface area contributed by atoms with Gasteiger partial charge in [-0.3, -0.25) is 0 Å². The van der Waals surface area contributed by atoms with Gasteiger partial charge in [0.2, 0.25) is 0 Å². The lowest BCUT2D eigenvalue weighted by molar-refractivity contribution is 0.579. The molecule has 0 unspecified atom stereocenters. The number of halogens is 3. The summed E-state index contributed by atoms with van der Waals surface area (Å²) in [5, 5.41) is 3.73. The Kier molecular flexibility index (Phi) is 4.73. The number of hydrogen-bond donors (Lipinski definition) is 1. The van der Waals surface area contributed by atoms with Crippen molar-refractivity contribution >= 4 is 11.6 Å². The van der Waals surface area contributed by atoms with Crippen molar-refractivity contribution < 1.29 is 8.78 Å². The van der Waals surface area contributed by atoms with Crippen molar-refractivity contribution in [3.63, 3.8) is 0 Å². The van der Waals surface area contributed by atoms with Gasteiger partial charge in [-0.15, -0.1) is 0 Å². The quantitative estimate of drug-likeness (QED) is 0.862. The van der Waals surface area contributed by atoms with Gasteiger partial charge in [0.1, 0.15) is 11.6 Å². The second-order valence-electron chi connectivity index (χ2n) is 4.66. The van der Waals surface area contributed by atoms with Crippen molar-refractivity contribution in [1.82, 2.24) is 5.32 Å². The van der Waals surface area contributed by atoms with Gasteiger partial charge in [-0.05, 0) is 48.4 Å². The topological polar surface area (TPSA) is 12.0 Å². The zero-order chi connectivity index (χ0) is 14.7. The van der Waals surface area contributed by atoms with Crippen molar-refractivity contribution in [1.29, 1.82) is 0 Å². The summed E-state index contributed by atoms with van der Waals surface area (Å²) in [6.07, 6.45) is 0. The SMILES string of the molecule is CCNCc1ccc(Cl)cc1-c1cc(C)c(F)cc1F. The summed E-state index contributed by atoms with van der Waals surface area (Å²) in [5.74, 6) is -1.12. The molecule has 0 aliphatic heterocycles. The molecule has 0 radical (unpaired) electrons. The maximum Gasteiger partial charge on any atom is 0.133 e. The minimum atomic E-state index is -0.576. The minimum Gasteiger partial charge on any atom is -0.313 e. The molecule has 0 heterocycles. The summed E-state index contributed by atoms with van der Waals surface area (Å²) in [4.78, 5) is 0. The van der Waals surface area contributed by atoms with Crippen LogP contribution in [0.2, 0.25) is 5.02 Å². The van der Waals surface area contributed by atoms with E-state index in [1.165, 1.54) is 6.07 Å². The minimum absolute atomic E-state index is 0.374. The van der Waals surface area contributed by atoms with Crippen LogP contribution >= 0.6 is 11.6 Å². The lowest BCUT2D eigenvalue weighted by Crippen LogP contribution is -2.12. The largest absolute Gasteiger partial charge is 0.313 e. The summed E-state index contributed by atoms with van der Waals surface area (Å²) in [6, 6.07) is 7.78. The average Bonchev–Trinajstić information content (AvgIpc) is 2.41. The number of aryl methyl sites for hydroxylation is 1. The van der Waals surface area contributed by atoms with Crippen LogP contribution in [0.5, 0.6) is 0 Å². The third kappa shape index (κ3) is 3.17. The van der Waals surface area contributed by atoms with Gasteiger partial charge in [0.15, 0.2) is 0 Å². The van der Waals surface area contributed by atoms with Gasteiger partial charge >= 0.3 is 0 Å². The van der Waals surface area contributed by atoms with Crippen LogP contribution in [0.4, 0.5) is 8.78 Å². The van der Waals surface area contributed by atoms with Crippen LogP contribution in [0.3, 0.4) is 0 Å². The highest BCUT2D eigenvalue weighted by Gasteiger charge is 2.13. The predicted octanol–water partition coefficient (Wildman–Crippen LogP) is 4.70. The van der Waals surface area contributed by atoms with Crippen LogP contribution in [-0.4, -0.2) is 6.54 Å². The molecule has 0 bridgehead atoms. The maximum atomic E-state index is 14.0. The highest BCUT2D eigenvalue weighted by molar-refractivity contribution is 6.30. The monoisotopic (exact) mass is 295 g/mol. The molecule has 2 rings (SSSR count). The van der Waals surface area contributed by atoms with Crippen molar-refractivity contribution in [2.75, 3.05) is 6.54 Å². The molecule has 0 aliphatic carbocycles. The molecule has 20 heavy (non-hydrogen) atoms. The molecular weight excluding hydrogens is 280 g/mol. The fourth-order valence-electron chi connectivity index (χ4n) is 2.08. The smallest absolute Gasteiger partial charge is 0.133 e. The maximum absolute atomic E-state index is 14.0. The van der Waals surface area contributed by atoms with Gasteiger partial charge in [0.05, 0.1) is 0 Å². The van der Waals surface area contributed by atoms with E-state index in [9.17, 15) is 8.78 Å². The van der Waals surface area contributed by atoms with E-state index in [0.717, 1.165) is 18.2 Å². The third-order valence-electron chi connectivity index (χ3n) is 3.18. The second kappa shape index (κ2) is 6.33. The first kappa shape index (κ1) is 14.9. The van der Waals surface area contributed by atoms with Crippen molar-refractivity contribution in [3.05, 3.63) is 58.1 Å². The van der Waals surface area contributed by atoms with Crippen LogP contribution < -0.4 is 5.32 Å². The molecule has 0 atom stereocenters. The molecule has 106 valence electrons. The zero-order valence-electron chi connectivity index (χ0n) is 11.4. The molecule has 0 spiro atoms. The molecule has 0 aliphatic rings. The van der Waals surface area contributed by atoms with Gasteiger partial charge in [0, 0.05) is 23.2 Å². The normalized spacial score (nSPS) is 10.8. The van der Waals surface area contributed by atoms with Crippen molar-refractivity contribution in [2.45, 2.75) is 20.4 Å². The molecule has 0 aromatic heterocycles. The fraction of sp³-hybridized carbons (Fsp3) is 0.250. The molecule has 0 saturated heterocycles. The number of nitrogens with one attached hydrogen (secondary N) is 1. The predicted molar refractivity (Wildman–Crippen MR) is 78.9 cm³/mol. The van der Waals surface area contributed by atoms with E-state index in [2.05, 4.69) is 5.32 Å². The van der Waals surface area contributed by atoms with E-state index in [-0.39, 0.29) is 0 Å². The van der Waals surface area contributed by atoms with Crippen LogP contribution in [0.25, 0.3) is 11.1 Å². The van der Waals surface area contributed by atoms with E-state index < -0.39 is 11.6 Å². The highest BCUT2D eigenvalue weighted by Crippen LogP contribution is 2.30. The van der Waals surface area contributed by atoms with E-state index in [4.69, 9.17) is 11.6 Å². The molecule has 2 aromatic carbocycles. The summed E-state index contributed by atoms with van der Waals surface area (Å²) in [5.41, 5.74) is 2.41. The molecule has 0 fully saturated rings. The molecular formula is C16H16ClF2N.